The topological polar surface area (TPSA) is 63.4 Å². The number of halogens is 1. The Kier molecular flexibility index (Phi) is 6.04. The van der Waals surface area contributed by atoms with E-state index < -0.39 is 5.91 Å². The van der Waals surface area contributed by atoms with Crippen LogP contribution in [0.15, 0.2) is 30.3 Å². The van der Waals surface area contributed by atoms with Crippen molar-refractivity contribution in [3.8, 4) is 0 Å². The Morgan fingerprint density at radius 1 is 1.08 bits per heavy atom. The Hall–Kier alpha value is -2.21. The molecular formula is C20H23FN2O2S. The van der Waals surface area contributed by atoms with Gasteiger partial charge in [0, 0.05) is 23.5 Å². The lowest BCUT2D eigenvalue weighted by atomic mass is 10.00. The number of thiophene rings is 1. The second-order valence-electron chi connectivity index (χ2n) is 6.62. The molecule has 1 aromatic heterocycles. The summed E-state index contributed by atoms with van der Waals surface area (Å²) in [6, 6.07) is 7.73. The number of aryl methyl sites for hydroxylation is 2. The van der Waals surface area contributed by atoms with Crippen molar-refractivity contribution >= 4 is 28.8 Å². The van der Waals surface area contributed by atoms with E-state index in [1.165, 1.54) is 40.3 Å². The van der Waals surface area contributed by atoms with Crippen molar-refractivity contribution in [2.45, 2.75) is 44.9 Å². The van der Waals surface area contributed by atoms with Gasteiger partial charge in [-0.25, -0.2) is 4.39 Å². The molecule has 0 spiro atoms. The van der Waals surface area contributed by atoms with Crippen LogP contribution in [0, 0.1) is 5.82 Å². The minimum atomic E-state index is -0.469. The Bertz CT molecular complexity index is 760. The van der Waals surface area contributed by atoms with Crippen molar-refractivity contribution in [1.82, 2.24) is 0 Å². The van der Waals surface area contributed by atoms with Crippen LogP contribution in [0.25, 0.3) is 0 Å². The van der Waals surface area contributed by atoms with E-state index in [9.17, 15) is 14.0 Å². The van der Waals surface area contributed by atoms with Gasteiger partial charge in [-0.05, 0) is 61.6 Å². The number of anilines is 1. The summed E-state index contributed by atoms with van der Waals surface area (Å²) in [7, 11) is 0. The monoisotopic (exact) mass is 374 g/mol. The maximum atomic E-state index is 13.2. The van der Waals surface area contributed by atoms with Crippen molar-refractivity contribution < 1.29 is 14.0 Å². The van der Waals surface area contributed by atoms with Crippen molar-refractivity contribution in [2.24, 2.45) is 5.73 Å². The molecule has 3 rings (SSSR count). The van der Waals surface area contributed by atoms with Crippen LogP contribution in [-0.4, -0.2) is 18.4 Å². The molecule has 2 aromatic rings. The lowest BCUT2D eigenvalue weighted by Crippen LogP contribution is -2.33. The molecule has 0 unspecified atom stereocenters. The first kappa shape index (κ1) is 18.6. The molecule has 0 radical (unpaired) electrons. The fourth-order valence-corrected chi connectivity index (χ4v) is 4.48. The van der Waals surface area contributed by atoms with Crippen LogP contribution < -0.4 is 10.6 Å². The van der Waals surface area contributed by atoms with E-state index in [0.29, 0.717) is 10.6 Å². The highest BCUT2D eigenvalue weighted by Crippen LogP contribution is 2.30. The summed E-state index contributed by atoms with van der Waals surface area (Å²) in [5.74, 6) is -0.992. The molecule has 2 amide bonds. The summed E-state index contributed by atoms with van der Waals surface area (Å²) in [6.07, 6.45) is 6.88. The minimum absolute atomic E-state index is 0.0637. The van der Waals surface area contributed by atoms with Crippen molar-refractivity contribution in [1.29, 1.82) is 0 Å². The Morgan fingerprint density at radius 2 is 1.77 bits per heavy atom. The first-order chi connectivity index (χ1) is 12.5. The molecule has 0 aliphatic heterocycles. The molecule has 4 nitrogen and oxygen atoms in total. The molecule has 1 aliphatic rings. The smallest absolute Gasteiger partial charge is 0.268 e. The van der Waals surface area contributed by atoms with E-state index in [1.807, 2.05) is 6.07 Å². The van der Waals surface area contributed by atoms with Crippen molar-refractivity contribution in [3.63, 3.8) is 0 Å². The quantitative estimate of drug-likeness (QED) is 0.857. The van der Waals surface area contributed by atoms with Crippen LogP contribution in [-0.2, 0) is 17.6 Å². The summed E-state index contributed by atoms with van der Waals surface area (Å²) in [4.78, 5) is 27.8. The number of benzene rings is 1. The molecule has 0 atom stereocenters. The van der Waals surface area contributed by atoms with Crippen LogP contribution >= 0.6 is 11.3 Å². The predicted molar refractivity (Wildman–Crippen MR) is 102 cm³/mol. The predicted octanol–water partition coefficient (Wildman–Crippen LogP) is 4.07. The largest absolute Gasteiger partial charge is 0.370 e. The van der Waals surface area contributed by atoms with Gasteiger partial charge >= 0.3 is 0 Å². The molecule has 0 bridgehead atoms. The molecule has 2 N–H and O–H groups in total. The number of fused-ring (bicyclic) bond motifs is 1. The zero-order valence-corrected chi connectivity index (χ0v) is 15.5. The number of nitrogens with zero attached hydrogens (tertiary/aromatic N) is 1. The first-order valence-electron chi connectivity index (χ1n) is 9.02. The molecular weight excluding hydrogens is 351 g/mol. The van der Waals surface area contributed by atoms with Gasteiger partial charge in [-0.1, -0.05) is 12.8 Å². The van der Waals surface area contributed by atoms with Crippen molar-refractivity contribution in [2.75, 3.05) is 11.4 Å². The number of nitrogens with two attached hydrogens (primary N) is 1. The highest BCUT2D eigenvalue weighted by atomic mass is 32.1. The van der Waals surface area contributed by atoms with Gasteiger partial charge in [0.05, 0.1) is 4.88 Å². The highest BCUT2D eigenvalue weighted by molar-refractivity contribution is 7.14. The number of carbonyl (C=O) groups is 2. The number of rotatable bonds is 5. The normalized spacial score (nSPS) is 14.2. The molecule has 1 aliphatic carbocycles. The molecule has 1 aromatic carbocycles. The van der Waals surface area contributed by atoms with Gasteiger partial charge in [0.25, 0.3) is 5.91 Å². The minimum Gasteiger partial charge on any atom is -0.370 e. The Labute approximate surface area is 156 Å². The van der Waals surface area contributed by atoms with E-state index in [-0.39, 0.29) is 24.7 Å². The van der Waals surface area contributed by atoms with Crippen LogP contribution in [0.5, 0.6) is 0 Å². The lowest BCUT2D eigenvalue weighted by Gasteiger charge is -2.21. The van der Waals surface area contributed by atoms with Gasteiger partial charge in [0.1, 0.15) is 5.82 Å². The summed E-state index contributed by atoms with van der Waals surface area (Å²) >= 11 is 1.54. The average Bonchev–Trinajstić information content (AvgIpc) is 2.98. The Morgan fingerprint density at radius 3 is 2.46 bits per heavy atom. The third kappa shape index (κ3) is 4.49. The van der Waals surface area contributed by atoms with E-state index in [1.54, 1.807) is 23.5 Å². The number of carbonyl (C=O) groups excluding carboxylic acids is 2. The zero-order chi connectivity index (χ0) is 18.5. The number of hydrogen-bond acceptors (Lipinski definition) is 3. The van der Waals surface area contributed by atoms with E-state index in [4.69, 9.17) is 5.73 Å². The summed E-state index contributed by atoms with van der Waals surface area (Å²) in [6.45, 7) is 0.183. The third-order valence-electron chi connectivity index (χ3n) is 4.67. The van der Waals surface area contributed by atoms with Crippen LogP contribution in [0.2, 0.25) is 0 Å². The van der Waals surface area contributed by atoms with Crippen LogP contribution in [0.3, 0.4) is 0 Å². The highest BCUT2D eigenvalue weighted by Gasteiger charge is 2.22. The molecule has 0 fully saturated rings. The number of amides is 2. The lowest BCUT2D eigenvalue weighted by molar-refractivity contribution is -0.117. The van der Waals surface area contributed by atoms with Gasteiger partial charge in [-0.2, -0.15) is 0 Å². The van der Waals surface area contributed by atoms with Gasteiger partial charge < -0.3 is 10.6 Å². The van der Waals surface area contributed by atoms with Crippen molar-refractivity contribution in [3.05, 3.63) is 51.5 Å². The summed E-state index contributed by atoms with van der Waals surface area (Å²) in [5.41, 5.74) is 7.10. The van der Waals surface area contributed by atoms with Gasteiger partial charge in [0.15, 0.2) is 0 Å². The summed E-state index contributed by atoms with van der Waals surface area (Å²) in [5, 5.41) is 0. The van der Waals surface area contributed by atoms with Crippen LogP contribution in [0.4, 0.5) is 10.1 Å². The van der Waals surface area contributed by atoms with E-state index in [0.717, 1.165) is 25.7 Å². The molecule has 138 valence electrons. The molecule has 6 heteroatoms. The standard InChI is InChI=1S/C20H23FN2O2S/c21-15-7-9-16(10-8-15)23(12-11-19(22)24)20(25)18-13-14-5-3-1-2-4-6-17(14)26-18/h7-10,13H,1-6,11-12H2,(H2,22,24). The molecule has 0 saturated heterocycles. The third-order valence-corrected chi connectivity index (χ3v) is 5.90. The number of primary amides is 1. The zero-order valence-electron chi connectivity index (χ0n) is 14.7. The van der Waals surface area contributed by atoms with E-state index in [2.05, 4.69) is 0 Å². The molecule has 26 heavy (non-hydrogen) atoms. The SMILES string of the molecule is NC(=O)CCN(C(=O)c1cc2c(s1)CCCCCC2)c1ccc(F)cc1. The average molecular weight is 374 g/mol. The fraction of sp³-hybridized carbons (Fsp3) is 0.400. The van der Waals surface area contributed by atoms with Crippen LogP contribution in [0.1, 0.15) is 52.2 Å². The first-order valence-corrected chi connectivity index (χ1v) is 9.83. The van der Waals surface area contributed by atoms with Gasteiger partial charge in [0.2, 0.25) is 5.91 Å². The van der Waals surface area contributed by atoms with Gasteiger partial charge in [-0.3, -0.25) is 9.59 Å². The van der Waals surface area contributed by atoms with Gasteiger partial charge in [-0.15, -0.1) is 11.3 Å². The Balaban J connectivity index is 1.87. The second kappa shape index (κ2) is 8.45. The van der Waals surface area contributed by atoms with E-state index >= 15 is 0 Å². The second-order valence-corrected chi connectivity index (χ2v) is 7.76. The summed E-state index contributed by atoms with van der Waals surface area (Å²) < 4.78 is 13.2. The number of hydrogen-bond donors (Lipinski definition) is 1. The molecule has 1 heterocycles. The molecule has 0 saturated carbocycles. The fourth-order valence-electron chi connectivity index (χ4n) is 3.27. The maximum absolute atomic E-state index is 13.2. The maximum Gasteiger partial charge on any atom is 0.268 e.